The van der Waals surface area contributed by atoms with Gasteiger partial charge in [-0.15, -0.1) is 0 Å². The van der Waals surface area contributed by atoms with Gasteiger partial charge in [0.2, 0.25) is 5.76 Å². The zero-order valence-electron chi connectivity index (χ0n) is 17.4. The molecule has 0 spiro atoms. The van der Waals surface area contributed by atoms with Gasteiger partial charge in [0.1, 0.15) is 5.58 Å². The molecule has 0 N–H and O–H groups in total. The van der Waals surface area contributed by atoms with Crippen LogP contribution in [0.4, 0.5) is 5.69 Å². The molecule has 1 aliphatic rings. The lowest BCUT2D eigenvalue weighted by Gasteiger charge is -2.25. The Morgan fingerprint density at radius 3 is 2.19 bits per heavy atom. The van der Waals surface area contributed by atoms with Gasteiger partial charge in [-0.2, -0.15) is 0 Å². The molecule has 1 aliphatic heterocycles. The van der Waals surface area contributed by atoms with E-state index in [1.165, 1.54) is 5.56 Å². The number of benzene rings is 3. The summed E-state index contributed by atoms with van der Waals surface area (Å²) in [5.41, 5.74) is 3.35. The summed E-state index contributed by atoms with van der Waals surface area (Å²) in [6.45, 7) is 4.27. The Hall–Kier alpha value is -2.70. The first-order valence-corrected chi connectivity index (χ1v) is 11.9. The average molecular weight is 553 g/mol. The first-order chi connectivity index (χ1) is 15.3. The highest BCUT2D eigenvalue weighted by Crippen LogP contribution is 2.41. The number of rotatable bonds is 3. The van der Waals surface area contributed by atoms with E-state index in [4.69, 9.17) is 4.42 Å². The summed E-state index contributed by atoms with van der Waals surface area (Å²) in [4.78, 5) is 28.9. The first kappa shape index (κ1) is 21.2. The van der Waals surface area contributed by atoms with Crippen molar-refractivity contribution in [2.75, 3.05) is 4.90 Å². The second-order valence-electron chi connectivity index (χ2n) is 8.19. The topological polar surface area (TPSA) is 50.5 Å². The average Bonchev–Trinajstić information content (AvgIpc) is 3.07. The molecule has 0 radical (unpaired) electrons. The van der Waals surface area contributed by atoms with Crippen LogP contribution >= 0.6 is 31.9 Å². The third kappa shape index (κ3) is 3.42. The van der Waals surface area contributed by atoms with Gasteiger partial charge in [-0.05, 0) is 59.5 Å². The standard InChI is InChI=1S/C26H19Br2NO3/c1-14(2)15-3-5-16(6-4-15)23-22-24(30)20-13-18(28)9-12-21(20)32-25(22)26(31)29(23)19-10-7-17(27)8-11-19/h3-14,23H,1-2H3. The van der Waals surface area contributed by atoms with Crippen LogP contribution < -0.4 is 10.3 Å². The lowest BCUT2D eigenvalue weighted by molar-refractivity contribution is 0.0971. The molecule has 1 aromatic heterocycles. The summed E-state index contributed by atoms with van der Waals surface area (Å²) in [6, 6.07) is 20.3. The Morgan fingerprint density at radius 1 is 0.875 bits per heavy atom. The highest BCUT2D eigenvalue weighted by atomic mass is 79.9. The Bertz CT molecular complexity index is 1410. The van der Waals surface area contributed by atoms with Crippen LogP contribution in [0, 0.1) is 0 Å². The molecule has 0 fully saturated rings. The van der Waals surface area contributed by atoms with Gasteiger partial charge >= 0.3 is 0 Å². The zero-order valence-corrected chi connectivity index (χ0v) is 20.6. The minimum Gasteiger partial charge on any atom is -0.450 e. The fraction of sp³-hybridized carbons (Fsp3) is 0.154. The molecule has 1 atom stereocenters. The molecule has 5 rings (SSSR count). The quantitative estimate of drug-likeness (QED) is 0.270. The lowest BCUT2D eigenvalue weighted by atomic mass is 9.95. The maximum Gasteiger partial charge on any atom is 0.295 e. The van der Waals surface area contributed by atoms with Crippen molar-refractivity contribution >= 4 is 54.4 Å². The van der Waals surface area contributed by atoms with Crippen molar-refractivity contribution in [2.24, 2.45) is 0 Å². The van der Waals surface area contributed by atoms with Crippen LogP contribution in [0.5, 0.6) is 0 Å². The van der Waals surface area contributed by atoms with Crippen molar-refractivity contribution in [1.29, 1.82) is 0 Å². The van der Waals surface area contributed by atoms with Crippen molar-refractivity contribution in [3.05, 3.63) is 108 Å². The van der Waals surface area contributed by atoms with E-state index < -0.39 is 6.04 Å². The second-order valence-corrected chi connectivity index (χ2v) is 10.0. The molecular weight excluding hydrogens is 534 g/mol. The second kappa shape index (κ2) is 8.01. The minimum absolute atomic E-state index is 0.102. The largest absolute Gasteiger partial charge is 0.450 e. The highest BCUT2D eigenvalue weighted by Gasteiger charge is 2.43. The normalized spacial score (nSPS) is 15.6. The number of fused-ring (bicyclic) bond motifs is 2. The Balaban J connectivity index is 1.78. The molecule has 160 valence electrons. The van der Waals surface area contributed by atoms with Gasteiger partial charge < -0.3 is 4.42 Å². The summed E-state index contributed by atoms with van der Waals surface area (Å²) in [7, 11) is 0. The highest BCUT2D eigenvalue weighted by molar-refractivity contribution is 9.10. The number of hydrogen-bond donors (Lipinski definition) is 0. The SMILES string of the molecule is CC(C)c1ccc(C2c3c(oc4ccc(Br)cc4c3=O)C(=O)N2c2ccc(Br)cc2)cc1. The molecule has 6 heteroatoms. The van der Waals surface area contributed by atoms with E-state index in [2.05, 4.69) is 57.8 Å². The molecular formula is C26H19Br2NO3. The fourth-order valence-electron chi connectivity index (χ4n) is 4.19. The minimum atomic E-state index is -0.570. The molecule has 0 saturated heterocycles. The third-order valence-electron chi connectivity index (χ3n) is 5.86. The Kier molecular flexibility index (Phi) is 5.30. The number of anilines is 1. The van der Waals surface area contributed by atoms with Gasteiger partial charge in [-0.25, -0.2) is 0 Å². The summed E-state index contributed by atoms with van der Waals surface area (Å²) in [5.74, 6) is 0.170. The number of carbonyl (C=O) groups is 1. The van der Waals surface area contributed by atoms with Gasteiger partial charge in [0.15, 0.2) is 5.43 Å². The van der Waals surface area contributed by atoms with Crippen LogP contribution in [0.15, 0.2) is 84.9 Å². The van der Waals surface area contributed by atoms with Gasteiger partial charge in [0.05, 0.1) is 17.0 Å². The van der Waals surface area contributed by atoms with E-state index >= 15 is 0 Å². The number of amides is 1. The van der Waals surface area contributed by atoms with Gasteiger partial charge in [0, 0.05) is 14.6 Å². The summed E-state index contributed by atoms with van der Waals surface area (Å²) < 4.78 is 7.71. The molecule has 4 aromatic rings. The number of hydrogen-bond acceptors (Lipinski definition) is 3. The first-order valence-electron chi connectivity index (χ1n) is 10.3. The number of carbonyl (C=O) groups excluding carboxylic acids is 1. The van der Waals surface area contributed by atoms with Crippen molar-refractivity contribution in [1.82, 2.24) is 0 Å². The molecule has 2 heterocycles. The van der Waals surface area contributed by atoms with E-state index in [0.717, 1.165) is 14.5 Å². The lowest BCUT2D eigenvalue weighted by Crippen LogP contribution is -2.29. The van der Waals surface area contributed by atoms with E-state index in [1.807, 2.05) is 36.4 Å². The van der Waals surface area contributed by atoms with Crippen LogP contribution in [0.25, 0.3) is 11.0 Å². The van der Waals surface area contributed by atoms with Gasteiger partial charge in [-0.3, -0.25) is 14.5 Å². The van der Waals surface area contributed by atoms with Crippen molar-refractivity contribution in [2.45, 2.75) is 25.8 Å². The fourth-order valence-corrected chi connectivity index (χ4v) is 4.82. The van der Waals surface area contributed by atoms with Crippen LogP contribution in [-0.4, -0.2) is 5.91 Å². The van der Waals surface area contributed by atoms with Gasteiger partial charge in [-0.1, -0.05) is 70.0 Å². The molecule has 32 heavy (non-hydrogen) atoms. The van der Waals surface area contributed by atoms with E-state index in [9.17, 15) is 9.59 Å². The molecule has 3 aromatic carbocycles. The molecule has 0 saturated carbocycles. The maximum absolute atomic E-state index is 13.6. The predicted molar refractivity (Wildman–Crippen MR) is 134 cm³/mol. The van der Waals surface area contributed by atoms with E-state index in [0.29, 0.717) is 28.1 Å². The van der Waals surface area contributed by atoms with Gasteiger partial charge in [0.25, 0.3) is 5.91 Å². The maximum atomic E-state index is 13.6. The number of halogens is 2. The molecule has 0 aliphatic carbocycles. The van der Waals surface area contributed by atoms with E-state index in [-0.39, 0.29) is 17.1 Å². The van der Waals surface area contributed by atoms with Crippen LogP contribution in [0.3, 0.4) is 0 Å². The monoisotopic (exact) mass is 551 g/mol. The van der Waals surface area contributed by atoms with Crippen molar-refractivity contribution in [3.63, 3.8) is 0 Å². The molecule has 4 nitrogen and oxygen atoms in total. The molecule has 1 amide bonds. The van der Waals surface area contributed by atoms with Crippen molar-refractivity contribution < 1.29 is 9.21 Å². The Labute approximate surface area is 202 Å². The molecule has 1 unspecified atom stereocenters. The smallest absolute Gasteiger partial charge is 0.295 e. The van der Waals surface area contributed by atoms with Crippen molar-refractivity contribution in [3.8, 4) is 0 Å². The molecule has 0 bridgehead atoms. The van der Waals surface area contributed by atoms with Crippen LogP contribution in [0.2, 0.25) is 0 Å². The summed E-state index contributed by atoms with van der Waals surface area (Å²) in [6.07, 6.45) is 0. The summed E-state index contributed by atoms with van der Waals surface area (Å²) >= 11 is 6.88. The van der Waals surface area contributed by atoms with E-state index in [1.54, 1.807) is 23.1 Å². The summed E-state index contributed by atoms with van der Waals surface area (Å²) in [5, 5.41) is 0.451. The number of nitrogens with zero attached hydrogens (tertiary/aromatic N) is 1. The van der Waals surface area contributed by atoms with Crippen LogP contribution in [0.1, 0.15) is 53.1 Å². The van der Waals surface area contributed by atoms with Crippen LogP contribution in [-0.2, 0) is 0 Å². The third-order valence-corrected chi connectivity index (χ3v) is 6.88. The Morgan fingerprint density at radius 2 is 1.53 bits per heavy atom. The zero-order chi connectivity index (χ0) is 22.6. The predicted octanol–water partition coefficient (Wildman–Crippen LogP) is 7.19.